The third-order valence-corrected chi connectivity index (χ3v) is 1.99. The zero-order valence-corrected chi connectivity index (χ0v) is 7.56. The van der Waals surface area contributed by atoms with Gasteiger partial charge in [0.25, 0.3) is 0 Å². The van der Waals surface area contributed by atoms with Crippen LogP contribution in [-0.4, -0.2) is 21.4 Å². The maximum Gasteiger partial charge on any atom is 0.156 e. The maximum absolute atomic E-state index is 10.7. The summed E-state index contributed by atoms with van der Waals surface area (Å²) in [5.41, 5.74) is 2.03. The number of fused-ring (bicyclic) bond motifs is 1. The van der Waals surface area contributed by atoms with Crippen molar-refractivity contribution in [3.8, 4) is 5.75 Å². The largest absolute Gasteiger partial charge is 0.505 e. The van der Waals surface area contributed by atoms with Crippen LogP contribution in [0.15, 0.2) is 18.3 Å². The fourth-order valence-corrected chi connectivity index (χ4v) is 1.29. The number of rotatable bonds is 1. The van der Waals surface area contributed by atoms with E-state index in [2.05, 4.69) is 9.97 Å². The molecule has 1 N–H and O–H groups in total. The van der Waals surface area contributed by atoms with Gasteiger partial charge in [0.1, 0.15) is 11.3 Å². The monoisotopic (exact) mass is 188 g/mol. The van der Waals surface area contributed by atoms with E-state index in [1.165, 1.54) is 6.20 Å². The normalized spacial score (nSPS) is 10.4. The van der Waals surface area contributed by atoms with Crippen molar-refractivity contribution >= 4 is 17.3 Å². The van der Waals surface area contributed by atoms with Gasteiger partial charge in [-0.05, 0) is 19.1 Å². The Hall–Kier alpha value is -1.97. The Labute approximate surface area is 80.2 Å². The van der Waals surface area contributed by atoms with Gasteiger partial charge in [-0.15, -0.1) is 0 Å². The van der Waals surface area contributed by atoms with Crippen molar-refractivity contribution in [2.75, 3.05) is 0 Å². The van der Waals surface area contributed by atoms with Crippen LogP contribution in [0.25, 0.3) is 11.0 Å². The molecule has 0 saturated heterocycles. The van der Waals surface area contributed by atoms with Crippen LogP contribution in [0, 0.1) is 6.92 Å². The fourth-order valence-electron chi connectivity index (χ4n) is 1.29. The highest BCUT2D eigenvalue weighted by molar-refractivity contribution is 5.96. The molecule has 0 aliphatic carbocycles. The van der Waals surface area contributed by atoms with Crippen molar-refractivity contribution in [1.82, 2.24) is 9.97 Å². The van der Waals surface area contributed by atoms with Gasteiger partial charge in [0.15, 0.2) is 6.29 Å². The molecule has 14 heavy (non-hydrogen) atoms. The summed E-state index contributed by atoms with van der Waals surface area (Å²) >= 11 is 0. The average Bonchev–Trinajstić information content (AvgIpc) is 2.17. The molecule has 0 unspecified atom stereocenters. The van der Waals surface area contributed by atoms with Crippen LogP contribution >= 0.6 is 0 Å². The summed E-state index contributed by atoms with van der Waals surface area (Å²) in [5, 5.41) is 9.37. The topological polar surface area (TPSA) is 63.1 Å². The van der Waals surface area contributed by atoms with Crippen molar-refractivity contribution in [2.45, 2.75) is 6.92 Å². The molecule has 0 fully saturated rings. The number of carbonyl (C=O) groups excluding carboxylic acids is 1. The first-order valence-corrected chi connectivity index (χ1v) is 4.13. The first-order chi connectivity index (χ1) is 6.72. The summed E-state index contributed by atoms with van der Waals surface area (Å²) in [6.45, 7) is 1.82. The molecule has 0 aliphatic rings. The van der Waals surface area contributed by atoms with Crippen molar-refractivity contribution in [3.05, 3.63) is 29.6 Å². The number of aromatic hydroxyl groups is 1. The molecular weight excluding hydrogens is 180 g/mol. The second-order valence-electron chi connectivity index (χ2n) is 3.00. The van der Waals surface area contributed by atoms with E-state index in [9.17, 15) is 9.90 Å². The first-order valence-electron chi connectivity index (χ1n) is 4.13. The molecule has 70 valence electrons. The van der Waals surface area contributed by atoms with Gasteiger partial charge in [0.2, 0.25) is 0 Å². The van der Waals surface area contributed by atoms with Crippen LogP contribution in [0.2, 0.25) is 0 Å². The summed E-state index contributed by atoms with van der Waals surface area (Å²) in [7, 11) is 0. The lowest BCUT2D eigenvalue weighted by Gasteiger charge is -2.02. The number of pyridine rings is 2. The van der Waals surface area contributed by atoms with Gasteiger partial charge in [-0.1, -0.05) is 0 Å². The van der Waals surface area contributed by atoms with E-state index < -0.39 is 0 Å². The van der Waals surface area contributed by atoms with E-state index >= 15 is 0 Å². The molecule has 2 rings (SSSR count). The Morgan fingerprint density at radius 1 is 1.43 bits per heavy atom. The highest BCUT2D eigenvalue weighted by atomic mass is 16.3. The minimum atomic E-state index is -0.134. The Balaban J connectivity index is 2.91. The van der Waals surface area contributed by atoms with Gasteiger partial charge >= 0.3 is 0 Å². The minimum absolute atomic E-state index is 0.134. The van der Waals surface area contributed by atoms with E-state index in [4.69, 9.17) is 0 Å². The molecule has 0 aromatic carbocycles. The molecule has 0 atom stereocenters. The summed E-state index contributed by atoms with van der Waals surface area (Å²) in [5.74, 6) is -0.134. The summed E-state index contributed by atoms with van der Waals surface area (Å²) in [6, 6.07) is 3.57. The van der Waals surface area contributed by atoms with E-state index in [1.807, 2.05) is 6.92 Å². The molecule has 0 saturated carbocycles. The number of aryl methyl sites for hydroxylation is 1. The zero-order chi connectivity index (χ0) is 10.1. The highest BCUT2D eigenvalue weighted by Crippen LogP contribution is 2.21. The first kappa shape index (κ1) is 8.62. The molecule has 2 aromatic heterocycles. The van der Waals surface area contributed by atoms with Crippen molar-refractivity contribution in [1.29, 1.82) is 0 Å². The van der Waals surface area contributed by atoms with Crippen LogP contribution in [0.3, 0.4) is 0 Å². The molecule has 0 amide bonds. The fraction of sp³-hybridized carbons (Fsp3) is 0.100. The SMILES string of the molecule is Cc1ccc2ncc(O)c(C=O)c2n1. The van der Waals surface area contributed by atoms with Crippen molar-refractivity contribution in [2.24, 2.45) is 0 Å². The van der Waals surface area contributed by atoms with E-state index in [0.29, 0.717) is 17.3 Å². The van der Waals surface area contributed by atoms with Gasteiger partial charge in [-0.2, -0.15) is 0 Å². The lowest BCUT2D eigenvalue weighted by molar-refractivity contribution is 0.112. The van der Waals surface area contributed by atoms with Gasteiger partial charge in [0, 0.05) is 5.69 Å². The van der Waals surface area contributed by atoms with E-state index in [0.717, 1.165) is 5.69 Å². The zero-order valence-electron chi connectivity index (χ0n) is 7.56. The average molecular weight is 188 g/mol. The number of hydrogen-bond donors (Lipinski definition) is 1. The molecule has 0 aliphatic heterocycles. The second-order valence-corrected chi connectivity index (χ2v) is 3.00. The smallest absolute Gasteiger partial charge is 0.156 e. The number of aldehydes is 1. The molecule has 4 nitrogen and oxygen atoms in total. The van der Waals surface area contributed by atoms with Crippen LogP contribution in [-0.2, 0) is 0 Å². The van der Waals surface area contributed by atoms with Crippen molar-refractivity contribution < 1.29 is 9.90 Å². The quantitative estimate of drug-likeness (QED) is 0.688. The molecule has 2 aromatic rings. The van der Waals surface area contributed by atoms with Crippen LogP contribution in [0.4, 0.5) is 0 Å². The Morgan fingerprint density at radius 3 is 2.93 bits per heavy atom. The number of carbonyl (C=O) groups is 1. The predicted molar refractivity (Wildman–Crippen MR) is 51.3 cm³/mol. The highest BCUT2D eigenvalue weighted by Gasteiger charge is 2.08. The molecule has 0 radical (unpaired) electrons. The number of aromatic nitrogens is 2. The van der Waals surface area contributed by atoms with E-state index in [1.54, 1.807) is 12.1 Å². The van der Waals surface area contributed by atoms with Gasteiger partial charge in [-0.25, -0.2) is 0 Å². The lowest BCUT2D eigenvalue weighted by Crippen LogP contribution is -1.92. The molecule has 2 heterocycles. The molecule has 4 heteroatoms. The predicted octanol–water partition coefficient (Wildman–Crippen LogP) is 1.46. The van der Waals surface area contributed by atoms with Crippen LogP contribution in [0.1, 0.15) is 16.1 Å². The summed E-state index contributed by atoms with van der Waals surface area (Å²) in [6.07, 6.45) is 1.84. The van der Waals surface area contributed by atoms with Gasteiger partial charge in [-0.3, -0.25) is 14.8 Å². The summed E-state index contributed by atoms with van der Waals surface area (Å²) in [4.78, 5) is 18.8. The van der Waals surface area contributed by atoms with Gasteiger partial charge in [0.05, 0.1) is 17.3 Å². The minimum Gasteiger partial charge on any atom is -0.505 e. The second kappa shape index (κ2) is 3.06. The van der Waals surface area contributed by atoms with E-state index in [-0.39, 0.29) is 11.3 Å². The standard InChI is InChI=1S/C10H8N2O2/c1-6-2-3-8-10(12-6)7(5-13)9(14)4-11-8/h2-5,14H,1H3. The summed E-state index contributed by atoms with van der Waals surface area (Å²) < 4.78 is 0. The number of nitrogens with zero attached hydrogens (tertiary/aromatic N) is 2. The lowest BCUT2D eigenvalue weighted by atomic mass is 10.2. The third kappa shape index (κ3) is 1.21. The molecule has 0 spiro atoms. The van der Waals surface area contributed by atoms with Crippen molar-refractivity contribution in [3.63, 3.8) is 0 Å². The molecular formula is C10H8N2O2. The maximum atomic E-state index is 10.7. The number of hydrogen-bond acceptors (Lipinski definition) is 4. The van der Waals surface area contributed by atoms with Gasteiger partial charge < -0.3 is 5.11 Å². The van der Waals surface area contributed by atoms with Crippen LogP contribution < -0.4 is 0 Å². The third-order valence-electron chi connectivity index (χ3n) is 1.99. The molecule has 0 bridgehead atoms. The van der Waals surface area contributed by atoms with Crippen LogP contribution in [0.5, 0.6) is 5.75 Å². The Bertz CT molecular complexity index is 503. The Kier molecular flexibility index (Phi) is 1.89. The Morgan fingerprint density at radius 2 is 2.21 bits per heavy atom.